The molecule has 0 aliphatic heterocycles. The Kier molecular flexibility index (Phi) is 10.9. The van der Waals surface area contributed by atoms with Gasteiger partial charge in [-0.3, -0.25) is 9.20 Å². The van der Waals surface area contributed by atoms with Crippen molar-refractivity contribution in [2.45, 2.75) is 4.90 Å². The molecule has 7 heteroatoms. The fourth-order valence-corrected chi connectivity index (χ4v) is 3.01. The van der Waals surface area contributed by atoms with Crippen LogP contribution in [-0.2, 0) is 10.8 Å². The van der Waals surface area contributed by atoms with E-state index in [1.807, 2.05) is 60.7 Å². The minimum absolute atomic E-state index is 0. The van der Waals surface area contributed by atoms with Gasteiger partial charge in [-0.15, -0.1) is 24.0 Å². The van der Waals surface area contributed by atoms with E-state index in [9.17, 15) is 4.21 Å². The number of ether oxygens (including phenoxy) is 1. The minimum Gasteiger partial charge on any atom is -0.492 e. The van der Waals surface area contributed by atoms with Crippen LogP contribution in [0, 0.1) is 0 Å². The molecule has 1 atom stereocenters. The van der Waals surface area contributed by atoms with Crippen molar-refractivity contribution in [2.24, 2.45) is 4.99 Å². The second kappa shape index (κ2) is 12.7. The predicted octanol–water partition coefficient (Wildman–Crippen LogP) is 2.66. The predicted molar refractivity (Wildman–Crippen MR) is 114 cm³/mol. The zero-order valence-electron chi connectivity index (χ0n) is 14.2. The lowest BCUT2D eigenvalue weighted by atomic mass is 10.3. The van der Waals surface area contributed by atoms with Crippen LogP contribution in [0.2, 0.25) is 0 Å². The minimum atomic E-state index is -1.00. The summed E-state index contributed by atoms with van der Waals surface area (Å²) in [4.78, 5) is 4.99. The third kappa shape index (κ3) is 8.35. The Hall–Kier alpha value is -1.61. The number of nitrogens with zero attached hydrogens (tertiary/aromatic N) is 1. The van der Waals surface area contributed by atoms with Crippen LogP contribution in [0.25, 0.3) is 0 Å². The summed E-state index contributed by atoms with van der Waals surface area (Å²) in [6, 6.07) is 19.2. The van der Waals surface area contributed by atoms with Crippen LogP contribution in [0.5, 0.6) is 5.75 Å². The van der Waals surface area contributed by atoms with Crippen molar-refractivity contribution in [3.63, 3.8) is 0 Å². The van der Waals surface area contributed by atoms with Gasteiger partial charge in [-0.25, -0.2) is 0 Å². The Balaban J connectivity index is 0.00000312. The molecular weight excluding hydrogens is 449 g/mol. The standard InChI is InChI=1S/C18H23N3O2S.HI/c1-19-18(20-12-14-23-16-8-4-2-5-9-16)21-13-15-24(22)17-10-6-3-7-11-17;/h2-11H,12-15H2,1H3,(H2,19,20,21);1H. The van der Waals surface area contributed by atoms with E-state index in [2.05, 4.69) is 15.6 Å². The zero-order chi connectivity index (χ0) is 17.0. The first-order chi connectivity index (χ1) is 11.8. The Morgan fingerprint density at radius 3 is 2.24 bits per heavy atom. The second-order valence-corrected chi connectivity index (χ2v) is 6.52. The van der Waals surface area contributed by atoms with Gasteiger partial charge in [0, 0.05) is 24.2 Å². The number of halogens is 1. The van der Waals surface area contributed by atoms with Gasteiger partial charge in [0.25, 0.3) is 0 Å². The summed E-state index contributed by atoms with van der Waals surface area (Å²) in [5.74, 6) is 2.06. The van der Waals surface area contributed by atoms with E-state index < -0.39 is 10.8 Å². The molecule has 0 saturated heterocycles. The molecule has 0 radical (unpaired) electrons. The van der Waals surface area contributed by atoms with E-state index in [0.717, 1.165) is 10.6 Å². The highest BCUT2D eigenvalue weighted by Crippen LogP contribution is 2.07. The lowest BCUT2D eigenvalue weighted by Gasteiger charge is -2.12. The molecule has 2 N–H and O–H groups in total. The molecule has 1 unspecified atom stereocenters. The smallest absolute Gasteiger partial charge is 0.191 e. The highest BCUT2D eigenvalue weighted by atomic mass is 127. The van der Waals surface area contributed by atoms with Crippen molar-refractivity contribution in [1.29, 1.82) is 0 Å². The molecule has 0 aliphatic carbocycles. The lowest BCUT2D eigenvalue weighted by molar-refractivity contribution is 0.322. The van der Waals surface area contributed by atoms with Gasteiger partial charge in [0.05, 0.1) is 17.3 Å². The van der Waals surface area contributed by atoms with Crippen molar-refractivity contribution < 1.29 is 8.95 Å². The van der Waals surface area contributed by atoms with Crippen LogP contribution in [0.3, 0.4) is 0 Å². The quantitative estimate of drug-likeness (QED) is 0.268. The van der Waals surface area contributed by atoms with Gasteiger partial charge in [0.1, 0.15) is 12.4 Å². The van der Waals surface area contributed by atoms with Crippen molar-refractivity contribution in [3.8, 4) is 5.75 Å². The molecular formula is C18H24IN3O2S. The highest BCUT2D eigenvalue weighted by Gasteiger charge is 2.03. The van der Waals surface area contributed by atoms with Crippen LogP contribution in [0.4, 0.5) is 0 Å². The average Bonchev–Trinajstić information content (AvgIpc) is 2.65. The topological polar surface area (TPSA) is 62.7 Å². The Morgan fingerprint density at radius 2 is 1.60 bits per heavy atom. The average molecular weight is 473 g/mol. The summed E-state index contributed by atoms with van der Waals surface area (Å²) < 4.78 is 17.7. The van der Waals surface area contributed by atoms with E-state index in [4.69, 9.17) is 4.74 Å². The Labute approximate surface area is 168 Å². The van der Waals surface area contributed by atoms with E-state index in [1.165, 1.54) is 0 Å². The van der Waals surface area contributed by atoms with Gasteiger partial charge in [0.2, 0.25) is 0 Å². The van der Waals surface area contributed by atoms with Crippen LogP contribution in [0.1, 0.15) is 0 Å². The fourth-order valence-electron chi connectivity index (χ4n) is 2.03. The maximum atomic E-state index is 12.1. The zero-order valence-corrected chi connectivity index (χ0v) is 17.3. The van der Waals surface area contributed by atoms with Crippen molar-refractivity contribution in [3.05, 3.63) is 60.7 Å². The summed E-state index contributed by atoms with van der Waals surface area (Å²) in [6.45, 7) is 1.76. The largest absolute Gasteiger partial charge is 0.492 e. The third-order valence-corrected chi connectivity index (χ3v) is 4.59. The SMILES string of the molecule is CN=C(NCCOc1ccccc1)NCCS(=O)c1ccccc1.I. The van der Waals surface area contributed by atoms with E-state index >= 15 is 0 Å². The molecule has 2 aromatic carbocycles. The van der Waals surface area contributed by atoms with Gasteiger partial charge in [-0.1, -0.05) is 36.4 Å². The number of guanidine groups is 1. The van der Waals surface area contributed by atoms with Crippen LogP contribution in [0.15, 0.2) is 70.6 Å². The molecule has 0 aliphatic rings. The number of para-hydroxylation sites is 1. The first-order valence-corrected chi connectivity index (χ1v) is 9.17. The molecule has 0 fully saturated rings. The summed E-state index contributed by atoms with van der Waals surface area (Å²) in [5.41, 5.74) is 0. The van der Waals surface area contributed by atoms with Crippen molar-refractivity contribution in [2.75, 3.05) is 32.5 Å². The maximum Gasteiger partial charge on any atom is 0.191 e. The van der Waals surface area contributed by atoms with Crippen molar-refractivity contribution in [1.82, 2.24) is 10.6 Å². The number of hydrogen-bond donors (Lipinski definition) is 2. The molecule has 0 heterocycles. The molecule has 25 heavy (non-hydrogen) atoms. The van der Waals surface area contributed by atoms with Crippen LogP contribution >= 0.6 is 24.0 Å². The molecule has 0 saturated carbocycles. The van der Waals surface area contributed by atoms with E-state index in [-0.39, 0.29) is 24.0 Å². The maximum absolute atomic E-state index is 12.1. The summed E-state index contributed by atoms with van der Waals surface area (Å²) in [7, 11) is 0.706. The number of hydrogen-bond acceptors (Lipinski definition) is 3. The van der Waals surface area contributed by atoms with Crippen LogP contribution < -0.4 is 15.4 Å². The fraction of sp³-hybridized carbons (Fsp3) is 0.278. The second-order valence-electron chi connectivity index (χ2n) is 4.95. The highest BCUT2D eigenvalue weighted by molar-refractivity contribution is 14.0. The van der Waals surface area contributed by atoms with E-state index in [0.29, 0.717) is 31.4 Å². The first kappa shape index (κ1) is 21.4. The number of rotatable bonds is 8. The molecule has 5 nitrogen and oxygen atoms in total. The summed E-state index contributed by atoms with van der Waals surface area (Å²) in [6.07, 6.45) is 0. The van der Waals surface area contributed by atoms with Crippen molar-refractivity contribution >= 4 is 40.7 Å². The molecule has 0 aromatic heterocycles. The lowest BCUT2D eigenvalue weighted by Crippen LogP contribution is -2.40. The Bertz CT molecular complexity index is 654. The summed E-state index contributed by atoms with van der Waals surface area (Å²) in [5, 5.41) is 6.33. The van der Waals surface area contributed by atoms with Gasteiger partial charge in [0.15, 0.2) is 5.96 Å². The first-order valence-electron chi connectivity index (χ1n) is 7.85. The molecule has 0 spiro atoms. The van der Waals surface area contributed by atoms with Gasteiger partial charge >= 0.3 is 0 Å². The number of benzene rings is 2. The number of aliphatic imine (C=N–C) groups is 1. The monoisotopic (exact) mass is 473 g/mol. The van der Waals surface area contributed by atoms with Gasteiger partial charge in [-0.05, 0) is 24.3 Å². The van der Waals surface area contributed by atoms with Crippen LogP contribution in [-0.4, -0.2) is 42.7 Å². The molecule has 0 amide bonds. The normalized spacial score (nSPS) is 12.0. The molecule has 2 aromatic rings. The Morgan fingerprint density at radius 1 is 1.00 bits per heavy atom. The third-order valence-electron chi connectivity index (χ3n) is 3.22. The van der Waals surface area contributed by atoms with Gasteiger partial charge < -0.3 is 15.4 Å². The number of nitrogens with one attached hydrogen (secondary N) is 2. The van der Waals surface area contributed by atoms with Gasteiger partial charge in [-0.2, -0.15) is 0 Å². The van der Waals surface area contributed by atoms with E-state index in [1.54, 1.807) is 7.05 Å². The molecule has 0 bridgehead atoms. The summed E-state index contributed by atoms with van der Waals surface area (Å²) >= 11 is 0. The molecule has 2 rings (SSSR count). The molecule has 136 valence electrons.